The SMILES string of the molecule is O=C(Cn1nnc(N2CCOCC2)n1)NNC(=S)Nc1cc(Cl)cc(Cl)c1. The summed E-state index contributed by atoms with van der Waals surface area (Å²) >= 11 is 16.9. The zero-order chi connectivity index (χ0) is 19.2. The summed E-state index contributed by atoms with van der Waals surface area (Å²) in [7, 11) is 0. The Bertz CT molecular complexity index is 807. The maximum absolute atomic E-state index is 12.0. The van der Waals surface area contributed by atoms with Gasteiger partial charge in [-0.3, -0.25) is 15.6 Å². The van der Waals surface area contributed by atoms with Crippen LogP contribution in [0.1, 0.15) is 0 Å². The predicted molar refractivity (Wildman–Crippen MR) is 105 cm³/mol. The van der Waals surface area contributed by atoms with Crippen LogP contribution in [0.2, 0.25) is 10.0 Å². The summed E-state index contributed by atoms with van der Waals surface area (Å²) in [5.74, 6) is 0.0725. The van der Waals surface area contributed by atoms with Gasteiger partial charge < -0.3 is 15.0 Å². The number of rotatable bonds is 4. The molecule has 0 bridgehead atoms. The third-order valence-corrected chi connectivity index (χ3v) is 4.10. The van der Waals surface area contributed by atoms with Gasteiger partial charge in [-0.15, -0.1) is 5.10 Å². The second-order valence-electron chi connectivity index (χ2n) is 5.50. The number of benzene rings is 1. The highest BCUT2D eigenvalue weighted by Crippen LogP contribution is 2.22. The van der Waals surface area contributed by atoms with Crippen LogP contribution in [-0.2, 0) is 16.1 Å². The number of ether oxygens (including phenoxy) is 1. The molecule has 0 unspecified atom stereocenters. The fraction of sp³-hybridized carbons (Fsp3) is 0.357. The van der Waals surface area contributed by atoms with E-state index in [2.05, 4.69) is 31.6 Å². The molecule has 1 aliphatic heterocycles. The average Bonchev–Trinajstić information content (AvgIpc) is 3.08. The summed E-state index contributed by atoms with van der Waals surface area (Å²) in [5.41, 5.74) is 5.62. The highest BCUT2D eigenvalue weighted by atomic mass is 35.5. The highest BCUT2D eigenvalue weighted by molar-refractivity contribution is 7.80. The molecule has 0 aliphatic carbocycles. The lowest BCUT2D eigenvalue weighted by Crippen LogP contribution is -2.45. The number of halogens is 2. The number of tetrazole rings is 1. The van der Waals surface area contributed by atoms with E-state index in [1.807, 2.05) is 4.90 Å². The first kappa shape index (κ1) is 19.5. The van der Waals surface area contributed by atoms with Gasteiger partial charge in [-0.25, -0.2) is 0 Å². The predicted octanol–water partition coefficient (Wildman–Crippen LogP) is 0.834. The number of carbonyl (C=O) groups is 1. The van der Waals surface area contributed by atoms with Crippen LogP contribution in [0.4, 0.5) is 11.6 Å². The van der Waals surface area contributed by atoms with E-state index >= 15 is 0 Å². The molecule has 0 spiro atoms. The van der Waals surface area contributed by atoms with E-state index in [1.165, 1.54) is 4.80 Å². The zero-order valence-corrected chi connectivity index (χ0v) is 16.3. The number of hydrogen-bond acceptors (Lipinski definition) is 7. The number of carbonyl (C=O) groups excluding carboxylic acids is 1. The molecule has 2 aromatic rings. The first-order valence-electron chi connectivity index (χ1n) is 7.92. The number of aromatic nitrogens is 4. The molecule has 1 amide bonds. The molecule has 3 rings (SSSR count). The minimum atomic E-state index is -0.394. The lowest BCUT2D eigenvalue weighted by atomic mass is 10.3. The Morgan fingerprint density at radius 2 is 1.89 bits per heavy atom. The van der Waals surface area contributed by atoms with Crippen LogP contribution in [0.15, 0.2) is 18.2 Å². The second kappa shape index (κ2) is 9.13. The van der Waals surface area contributed by atoms with Gasteiger partial charge in [-0.2, -0.15) is 4.80 Å². The van der Waals surface area contributed by atoms with Crippen LogP contribution in [0, 0.1) is 0 Å². The quantitative estimate of drug-likeness (QED) is 0.479. The van der Waals surface area contributed by atoms with E-state index in [4.69, 9.17) is 40.2 Å². The summed E-state index contributed by atoms with van der Waals surface area (Å²) in [6.45, 7) is 2.48. The van der Waals surface area contributed by atoms with Crippen LogP contribution in [0.5, 0.6) is 0 Å². The molecule has 0 saturated carbocycles. The third kappa shape index (κ3) is 5.89. The lowest BCUT2D eigenvalue weighted by molar-refractivity contribution is -0.122. The van der Waals surface area contributed by atoms with Crippen molar-refractivity contribution in [3.63, 3.8) is 0 Å². The van der Waals surface area contributed by atoms with E-state index in [0.717, 1.165) is 0 Å². The molecule has 27 heavy (non-hydrogen) atoms. The molecular weight excluding hydrogens is 415 g/mol. The topological polar surface area (TPSA) is 109 Å². The Hall–Kier alpha value is -2.21. The summed E-state index contributed by atoms with van der Waals surface area (Å²) in [6.07, 6.45) is 0. The van der Waals surface area contributed by atoms with Crippen molar-refractivity contribution in [1.82, 2.24) is 31.1 Å². The van der Waals surface area contributed by atoms with Gasteiger partial charge in [0.25, 0.3) is 11.9 Å². The monoisotopic (exact) mass is 430 g/mol. The molecule has 1 fully saturated rings. The largest absolute Gasteiger partial charge is 0.378 e. The standard InChI is InChI=1S/C14H16Cl2N8O2S/c15-9-5-10(16)7-11(6-9)17-14(27)20-18-12(25)8-24-21-13(19-22-24)23-1-3-26-4-2-23/h5-7H,1-4,8H2,(H,18,25)(H2,17,20,27). The Balaban J connectivity index is 1.45. The molecule has 0 atom stereocenters. The smallest absolute Gasteiger partial charge is 0.266 e. The molecule has 1 aliphatic rings. The number of hydrazine groups is 1. The first-order valence-corrected chi connectivity index (χ1v) is 9.08. The minimum Gasteiger partial charge on any atom is -0.378 e. The second-order valence-corrected chi connectivity index (χ2v) is 6.79. The summed E-state index contributed by atoms with van der Waals surface area (Å²) in [6, 6.07) is 4.90. The van der Waals surface area contributed by atoms with E-state index in [1.54, 1.807) is 18.2 Å². The number of nitrogens with one attached hydrogen (secondary N) is 3. The van der Waals surface area contributed by atoms with Gasteiger partial charge >= 0.3 is 0 Å². The number of anilines is 2. The van der Waals surface area contributed by atoms with Crippen LogP contribution in [0.25, 0.3) is 0 Å². The zero-order valence-electron chi connectivity index (χ0n) is 14.0. The molecule has 1 aromatic carbocycles. The van der Waals surface area contributed by atoms with Crippen molar-refractivity contribution in [3.8, 4) is 0 Å². The molecule has 1 aromatic heterocycles. The third-order valence-electron chi connectivity index (χ3n) is 3.46. The summed E-state index contributed by atoms with van der Waals surface area (Å²) < 4.78 is 5.27. The lowest BCUT2D eigenvalue weighted by Gasteiger charge is -2.24. The molecule has 3 N–H and O–H groups in total. The van der Waals surface area contributed by atoms with E-state index in [0.29, 0.717) is 48.0 Å². The van der Waals surface area contributed by atoms with Crippen LogP contribution in [0.3, 0.4) is 0 Å². The van der Waals surface area contributed by atoms with Crippen molar-refractivity contribution in [2.24, 2.45) is 0 Å². The van der Waals surface area contributed by atoms with Gasteiger partial charge in [0.2, 0.25) is 0 Å². The van der Waals surface area contributed by atoms with E-state index in [9.17, 15) is 4.79 Å². The first-order chi connectivity index (χ1) is 13.0. The van der Waals surface area contributed by atoms with Gasteiger partial charge in [0.15, 0.2) is 5.11 Å². The van der Waals surface area contributed by atoms with Crippen molar-refractivity contribution < 1.29 is 9.53 Å². The van der Waals surface area contributed by atoms with Crippen molar-refractivity contribution in [2.75, 3.05) is 36.5 Å². The Labute approximate surface area is 170 Å². The maximum Gasteiger partial charge on any atom is 0.266 e. The number of thiocarbonyl (C=S) groups is 1. The summed E-state index contributed by atoms with van der Waals surface area (Å²) in [5, 5.41) is 16.0. The minimum absolute atomic E-state index is 0.115. The average molecular weight is 431 g/mol. The van der Waals surface area contributed by atoms with Crippen molar-refractivity contribution >= 4 is 58.1 Å². The molecule has 0 radical (unpaired) electrons. The van der Waals surface area contributed by atoms with E-state index < -0.39 is 5.91 Å². The molecule has 13 heteroatoms. The highest BCUT2D eigenvalue weighted by Gasteiger charge is 2.16. The van der Waals surface area contributed by atoms with Gasteiger partial charge in [-0.1, -0.05) is 28.3 Å². The fourth-order valence-electron chi connectivity index (χ4n) is 2.27. The Morgan fingerprint density at radius 3 is 2.59 bits per heavy atom. The number of morpholine rings is 1. The summed E-state index contributed by atoms with van der Waals surface area (Å²) in [4.78, 5) is 15.1. The van der Waals surface area contributed by atoms with Crippen LogP contribution in [-0.4, -0.2) is 57.5 Å². The Kier molecular flexibility index (Phi) is 6.61. The van der Waals surface area contributed by atoms with Crippen molar-refractivity contribution in [3.05, 3.63) is 28.2 Å². The van der Waals surface area contributed by atoms with Gasteiger partial charge in [0.05, 0.1) is 13.2 Å². The maximum atomic E-state index is 12.0. The Morgan fingerprint density at radius 1 is 1.19 bits per heavy atom. The molecule has 10 nitrogen and oxygen atoms in total. The van der Waals surface area contributed by atoms with Gasteiger partial charge in [0.1, 0.15) is 6.54 Å². The normalized spacial score (nSPS) is 13.9. The molecule has 144 valence electrons. The van der Waals surface area contributed by atoms with Gasteiger partial charge in [0, 0.05) is 28.8 Å². The number of hydrogen-bond donors (Lipinski definition) is 3. The fourth-order valence-corrected chi connectivity index (χ4v) is 2.97. The molecular formula is C14H16Cl2N8O2S. The molecule has 2 heterocycles. The van der Waals surface area contributed by atoms with Crippen LogP contribution >= 0.6 is 35.4 Å². The van der Waals surface area contributed by atoms with Crippen LogP contribution < -0.4 is 21.1 Å². The number of nitrogens with zero attached hydrogens (tertiary/aromatic N) is 5. The number of amides is 1. The van der Waals surface area contributed by atoms with Crippen molar-refractivity contribution in [1.29, 1.82) is 0 Å². The van der Waals surface area contributed by atoms with Crippen molar-refractivity contribution in [2.45, 2.75) is 6.54 Å². The van der Waals surface area contributed by atoms with E-state index in [-0.39, 0.29) is 11.7 Å². The molecule has 1 saturated heterocycles. The van der Waals surface area contributed by atoms with Gasteiger partial charge in [-0.05, 0) is 35.6 Å².